The quantitative estimate of drug-likeness (QED) is 0.459. The summed E-state index contributed by atoms with van der Waals surface area (Å²) in [5, 5.41) is 19.2. The minimum atomic E-state index is -0.276. The van der Waals surface area contributed by atoms with Gasteiger partial charge in [0.05, 0.1) is 5.39 Å². The standard InChI is InChI=1S/C14H14N4O3/c15-14-17-12-11(13(21)18-14)8(6-16-12)3-1-7-2-4-9(19)10(20)5-7/h2,4-6,19-20H,1,3H2,(H4,15,16,17,18,21). The third-order valence-corrected chi connectivity index (χ3v) is 3.36. The van der Waals surface area contributed by atoms with Crippen LogP contribution in [0, 0.1) is 0 Å². The number of nitrogen functional groups attached to an aromatic ring is 1. The van der Waals surface area contributed by atoms with Crippen LogP contribution < -0.4 is 11.3 Å². The fraction of sp³-hybridized carbons (Fsp3) is 0.143. The second-order valence-electron chi connectivity index (χ2n) is 4.81. The topological polar surface area (TPSA) is 128 Å². The van der Waals surface area contributed by atoms with Crippen LogP contribution in [0.2, 0.25) is 0 Å². The summed E-state index contributed by atoms with van der Waals surface area (Å²) >= 11 is 0. The lowest BCUT2D eigenvalue weighted by molar-refractivity contribution is 0.403. The van der Waals surface area contributed by atoms with Crippen LogP contribution in [0.3, 0.4) is 0 Å². The number of aromatic amines is 2. The molecule has 0 saturated carbocycles. The molecule has 2 heterocycles. The average molecular weight is 286 g/mol. The zero-order valence-corrected chi connectivity index (χ0v) is 11.1. The summed E-state index contributed by atoms with van der Waals surface area (Å²) in [7, 11) is 0. The molecule has 0 radical (unpaired) electrons. The molecule has 1 aromatic carbocycles. The van der Waals surface area contributed by atoms with E-state index in [4.69, 9.17) is 5.73 Å². The number of H-pyrrole nitrogens is 2. The van der Waals surface area contributed by atoms with Crippen molar-refractivity contribution in [1.82, 2.24) is 15.0 Å². The van der Waals surface area contributed by atoms with Gasteiger partial charge in [0.2, 0.25) is 5.95 Å². The molecule has 21 heavy (non-hydrogen) atoms. The predicted octanol–water partition coefficient (Wildman–Crippen LogP) is 1.03. The van der Waals surface area contributed by atoms with Gasteiger partial charge in [0, 0.05) is 6.20 Å². The number of hydrogen-bond acceptors (Lipinski definition) is 5. The van der Waals surface area contributed by atoms with Gasteiger partial charge in [-0.2, -0.15) is 4.98 Å². The summed E-state index contributed by atoms with van der Waals surface area (Å²) < 4.78 is 0. The van der Waals surface area contributed by atoms with Crippen molar-refractivity contribution >= 4 is 17.0 Å². The smallest absolute Gasteiger partial charge is 0.262 e. The normalized spacial score (nSPS) is 11.0. The van der Waals surface area contributed by atoms with E-state index in [0.717, 1.165) is 11.1 Å². The first-order valence-corrected chi connectivity index (χ1v) is 6.41. The molecule has 0 atom stereocenters. The maximum atomic E-state index is 11.9. The summed E-state index contributed by atoms with van der Waals surface area (Å²) in [5.41, 5.74) is 7.36. The summed E-state index contributed by atoms with van der Waals surface area (Å²) in [6.07, 6.45) is 2.94. The van der Waals surface area contributed by atoms with Crippen molar-refractivity contribution in [2.45, 2.75) is 12.8 Å². The van der Waals surface area contributed by atoms with Gasteiger partial charge in [0.1, 0.15) is 5.65 Å². The van der Waals surface area contributed by atoms with Crippen LogP contribution >= 0.6 is 0 Å². The Hall–Kier alpha value is -2.96. The highest BCUT2D eigenvalue weighted by Gasteiger charge is 2.10. The van der Waals surface area contributed by atoms with Gasteiger partial charge in [-0.25, -0.2) is 0 Å². The highest BCUT2D eigenvalue weighted by molar-refractivity contribution is 5.79. The number of phenolic OH excluding ortho intramolecular Hbond substituents is 2. The molecule has 0 amide bonds. The molecular formula is C14H14N4O3. The molecule has 0 unspecified atom stereocenters. The summed E-state index contributed by atoms with van der Waals surface area (Å²) in [4.78, 5) is 21.4. The molecule has 6 N–H and O–H groups in total. The van der Waals surface area contributed by atoms with E-state index in [1.807, 2.05) is 0 Å². The average Bonchev–Trinajstić information content (AvgIpc) is 2.83. The van der Waals surface area contributed by atoms with Gasteiger partial charge in [-0.05, 0) is 36.1 Å². The zero-order valence-electron chi connectivity index (χ0n) is 11.1. The molecule has 7 nitrogen and oxygen atoms in total. The molecule has 0 aliphatic carbocycles. The lowest BCUT2D eigenvalue weighted by Crippen LogP contribution is -2.11. The molecule has 0 aliphatic heterocycles. The molecule has 2 aromatic heterocycles. The lowest BCUT2D eigenvalue weighted by Gasteiger charge is -2.03. The highest BCUT2D eigenvalue weighted by atomic mass is 16.3. The number of hydrogen-bond donors (Lipinski definition) is 5. The van der Waals surface area contributed by atoms with E-state index in [-0.39, 0.29) is 23.0 Å². The molecule has 0 fully saturated rings. The number of nitrogens with two attached hydrogens (primary N) is 1. The molecule has 0 spiro atoms. The summed E-state index contributed by atoms with van der Waals surface area (Å²) in [5.74, 6) is -0.231. The number of nitrogens with zero attached hydrogens (tertiary/aromatic N) is 1. The van der Waals surface area contributed by atoms with Crippen LogP contribution in [-0.4, -0.2) is 25.2 Å². The van der Waals surface area contributed by atoms with Gasteiger partial charge in [0.25, 0.3) is 5.56 Å². The number of nitrogens with one attached hydrogen (secondary N) is 2. The van der Waals surface area contributed by atoms with E-state index in [0.29, 0.717) is 23.9 Å². The molecule has 108 valence electrons. The maximum absolute atomic E-state index is 11.9. The SMILES string of the molecule is Nc1nc2[nH]cc(CCc3ccc(O)c(O)c3)c2c(=O)[nH]1. The third kappa shape index (κ3) is 2.40. The fourth-order valence-corrected chi connectivity index (χ4v) is 2.32. The number of phenols is 2. The van der Waals surface area contributed by atoms with Crippen LogP contribution in [-0.2, 0) is 12.8 Å². The van der Waals surface area contributed by atoms with Crippen molar-refractivity contribution in [2.75, 3.05) is 5.73 Å². The molecule has 3 aromatic rings. The number of fused-ring (bicyclic) bond motifs is 1. The Labute approximate surface area is 119 Å². The summed E-state index contributed by atoms with van der Waals surface area (Å²) in [6, 6.07) is 4.67. The molecule has 0 aliphatic rings. The number of rotatable bonds is 3. The second-order valence-corrected chi connectivity index (χ2v) is 4.81. The van der Waals surface area contributed by atoms with Crippen LogP contribution in [0.1, 0.15) is 11.1 Å². The van der Waals surface area contributed by atoms with Crippen molar-refractivity contribution < 1.29 is 10.2 Å². The van der Waals surface area contributed by atoms with Crippen molar-refractivity contribution in [3.05, 3.63) is 45.9 Å². The predicted molar refractivity (Wildman–Crippen MR) is 78.3 cm³/mol. The molecule has 3 rings (SSSR count). The second kappa shape index (κ2) is 4.86. The largest absolute Gasteiger partial charge is 0.504 e. The van der Waals surface area contributed by atoms with E-state index < -0.39 is 0 Å². The highest BCUT2D eigenvalue weighted by Crippen LogP contribution is 2.25. The van der Waals surface area contributed by atoms with Crippen LogP contribution in [0.4, 0.5) is 5.95 Å². The Bertz CT molecular complexity index is 866. The van der Waals surface area contributed by atoms with Gasteiger partial charge in [-0.1, -0.05) is 6.07 Å². The minimum Gasteiger partial charge on any atom is -0.504 e. The Morgan fingerprint density at radius 3 is 2.76 bits per heavy atom. The fourth-order valence-electron chi connectivity index (χ4n) is 2.32. The van der Waals surface area contributed by atoms with Crippen molar-refractivity contribution in [2.24, 2.45) is 0 Å². The minimum absolute atomic E-state index is 0.0735. The maximum Gasteiger partial charge on any atom is 0.262 e. The Morgan fingerprint density at radius 2 is 2.00 bits per heavy atom. The summed E-state index contributed by atoms with van der Waals surface area (Å²) in [6.45, 7) is 0. The van der Waals surface area contributed by atoms with E-state index >= 15 is 0 Å². The lowest BCUT2D eigenvalue weighted by atomic mass is 10.0. The Balaban J connectivity index is 1.88. The van der Waals surface area contributed by atoms with Crippen molar-refractivity contribution in [1.29, 1.82) is 0 Å². The third-order valence-electron chi connectivity index (χ3n) is 3.36. The first-order chi connectivity index (χ1) is 10.0. The Kier molecular flexibility index (Phi) is 3.02. The first-order valence-electron chi connectivity index (χ1n) is 6.41. The van der Waals surface area contributed by atoms with Crippen molar-refractivity contribution in [3.8, 4) is 11.5 Å². The van der Waals surface area contributed by atoms with Gasteiger partial charge in [-0.3, -0.25) is 9.78 Å². The van der Waals surface area contributed by atoms with Gasteiger partial charge in [-0.15, -0.1) is 0 Å². The van der Waals surface area contributed by atoms with Gasteiger partial charge >= 0.3 is 0 Å². The van der Waals surface area contributed by atoms with Crippen LogP contribution in [0.15, 0.2) is 29.2 Å². The molecular weight excluding hydrogens is 272 g/mol. The molecule has 0 saturated heterocycles. The number of aromatic hydroxyl groups is 2. The van der Waals surface area contributed by atoms with E-state index in [9.17, 15) is 15.0 Å². The monoisotopic (exact) mass is 286 g/mol. The van der Waals surface area contributed by atoms with E-state index in [1.54, 1.807) is 12.3 Å². The Morgan fingerprint density at radius 1 is 1.19 bits per heavy atom. The molecule has 7 heteroatoms. The van der Waals surface area contributed by atoms with Gasteiger partial charge in [0.15, 0.2) is 11.5 Å². The number of anilines is 1. The van der Waals surface area contributed by atoms with Crippen LogP contribution in [0.25, 0.3) is 11.0 Å². The zero-order chi connectivity index (χ0) is 15.0. The molecule has 0 bridgehead atoms. The first kappa shape index (κ1) is 13.0. The number of aromatic nitrogens is 3. The number of benzene rings is 1. The van der Waals surface area contributed by atoms with E-state index in [2.05, 4.69) is 15.0 Å². The van der Waals surface area contributed by atoms with Crippen molar-refractivity contribution in [3.63, 3.8) is 0 Å². The van der Waals surface area contributed by atoms with E-state index in [1.165, 1.54) is 12.1 Å². The number of aryl methyl sites for hydroxylation is 2. The van der Waals surface area contributed by atoms with Gasteiger partial charge < -0.3 is 20.9 Å². The van der Waals surface area contributed by atoms with Crippen LogP contribution in [0.5, 0.6) is 11.5 Å².